The molecular weight excluding hydrogens is 226 g/mol. The van der Waals surface area contributed by atoms with Crippen LogP contribution >= 0.6 is 34.5 Å². The first-order valence-corrected chi connectivity index (χ1v) is 5.56. The molecule has 0 saturated carbocycles. The average molecular weight is 230 g/mol. The van der Waals surface area contributed by atoms with E-state index in [1.165, 1.54) is 22.9 Å². The minimum absolute atomic E-state index is 0.0961. The van der Waals surface area contributed by atoms with Crippen LogP contribution in [0.4, 0.5) is 0 Å². The molecule has 2 aromatic rings. The third kappa shape index (κ3) is 1.65. The summed E-state index contributed by atoms with van der Waals surface area (Å²) in [5.41, 5.74) is 0.467. The molecule has 2 aromatic heterocycles. The summed E-state index contributed by atoms with van der Waals surface area (Å²) >= 11 is 8.42. The van der Waals surface area contributed by atoms with Crippen molar-refractivity contribution in [1.82, 2.24) is 4.37 Å². The Kier molecular flexibility index (Phi) is 2.44. The Labute approximate surface area is 88.0 Å². The Morgan fingerprint density at radius 2 is 2.23 bits per heavy atom. The molecule has 0 aliphatic rings. The van der Waals surface area contributed by atoms with Crippen molar-refractivity contribution < 1.29 is 4.79 Å². The second-order valence-electron chi connectivity index (χ2n) is 2.31. The fourth-order valence-corrected chi connectivity index (χ4v) is 2.50. The molecule has 0 aromatic carbocycles. The highest BCUT2D eigenvalue weighted by Gasteiger charge is 2.15. The highest BCUT2D eigenvalue weighted by atomic mass is 35.5. The van der Waals surface area contributed by atoms with Gasteiger partial charge >= 0.3 is 0 Å². The van der Waals surface area contributed by atoms with Gasteiger partial charge in [0.05, 0.1) is 9.90 Å². The molecule has 2 rings (SSSR count). The van der Waals surface area contributed by atoms with Gasteiger partial charge in [-0.25, -0.2) is 0 Å². The minimum Gasteiger partial charge on any atom is -0.286 e. The number of carbonyl (C=O) groups excluding carboxylic acids is 1. The zero-order chi connectivity index (χ0) is 9.26. The van der Waals surface area contributed by atoms with Gasteiger partial charge in [0.25, 0.3) is 0 Å². The molecular formula is C8H4ClNOS2. The summed E-state index contributed by atoms with van der Waals surface area (Å²) < 4.78 is 3.95. The van der Waals surface area contributed by atoms with Crippen molar-refractivity contribution in [3.63, 3.8) is 0 Å². The zero-order valence-electron chi connectivity index (χ0n) is 6.36. The van der Waals surface area contributed by atoms with Gasteiger partial charge in [0.2, 0.25) is 5.78 Å². The lowest BCUT2D eigenvalue weighted by Gasteiger charge is -1.92. The third-order valence-electron chi connectivity index (χ3n) is 1.49. The molecule has 5 heteroatoms. The van der Waals surface area contributed by atoms with E-state index < -0.39 is 0 Å². The number of thiophene rings is 1. The van der Waals surface area contributed by atoms with Crippen LogP contribution in [0.1, 0.15) is 15.4 Å². The van der Waals surface area contributed by atoms with Crippen molar-refractivity contribution in [2.75, 3.05) is 0 Å². The normalized spacial score (nSPS) is 10.2. The van der Waals surface area contributed by atoms with Crippen molar-refractivity contribution >= 4 is 40.3 Å². The number of carbonyl (C=O) groups is 1. The SMILES string of the molecule is O=C(c1ccsn1)c1sccc1Cl. The maximum absolute atomic E-state index is 11.7. The minimum atomic E-state index is -0.0961. The molecule has 0 amide bonds. The molecule has 0 bridgehead atoms. The molecule has 13 heavy (non-hydrogen) atoms. The van der Waals surface area contributed by atoms with Gasteiger partial charge in [0.15, 0.2) is 0 Å². The standard InChI is InChI=1S/C8H4ClNOS2/c9-5-1-3-12-8(5)7(11)6-2-4-13-10-6/h1-4H. The molecule has 0 saturated heterocycles. The monoisotopic (exact) mass is 229 g/mol. The van der Waals surface area contributed by atoms with Crippen molar-refractivity contribution in [2.24, 2.45) is 0 Å². The van der Waals surface area contributed by atoms with Gasteiger partial charge in [0.1, 0.15) is 5.69 Å². The first-order chi connectivity index (χ1) is 6.29. The van der Waals surface area contributed by atoms with E-state index in [9.17, 15) is 4.79 Å². The van der Waals surface area contributed by atoms with Crippen LogP contribution in [0.15, 0.2) is 22.9 Å². The Balaban J connectivity index is 2.39. The lowest BCUT2D eigenvalue weighted by molar-refractivity contribution is 0.103. The third-order valence-corrected chi connectivity index (χ3v) is 3.39. The van der Waals surface area contributed by atoms with Crippen LogP contribution in [-0.2, 0) is 0 Å². The van der Waals surface area contributed by atoms with E-state index >= 15 is 0 Å². The number of halogens is 1. The smallest absolute Gasteiger partial charge is 0.223 e. The van der Waals surface area contributed by atoms with Crippen LogP contribution in [0.5, 0.6) is 0 Å². The Morgan fingerprint density at radius 1 is 1.38 bits per heavy atom. The Hall–Kier alpha value is -0.710. The largest absolute Gasteiger partial charge is 0.286 e. The molecule has 0 aliphatic carbocycles. The lowest BCUT2D eigenvalue weighted by Crippen LogP contribution is -1.98. The van der Waals surface area contributed by atoms with Crippen molar-refractivity contribution in [3.05, 3.63) is 38.5 Å². The van der Waals surface area contributed by atoms with E-state index in [4.69, 9.17) is 11.6 Å². The van der Waals surface area contributed by atoms with Crippen molar-refractivity contribution in [2.45, 2.75) is 0 Å². The lowest BCUT2D eigenvalue weighted by atomic mass is 10.2. The van der Waals surface area contributed by atoms with E-state index in [0.717, 1.165) is 0 Å². The summed E-state index contributed by atoms with van der Waals surface area (Å²) in [5.74, 6) is -0.0961. The second-order valence-corrected chi connectivity index (χ2v) is 4.30. The van der Waals surface area contributed by atoms with Crippen LogP contribution in [0.25, 0.3) is 0 Å². The molecule has 66 valence electrons. The fraction of sp³-hybridized carbons (Fsp3) is 0. The summed E-state index contributed by atoms with van der Waals surface area (Å²) in [6.45, 7) is 0. The fourth-order valence-electron chi connectivity index (χ4n) is 0.902. The van der Waals surface area contributed by atoms with Crippen LogP contribution in [0.2, 0.25) is 5.02 Å². The Morgan fingerprint density at radius 3 is 2.77 bits per heavy atom. The van der Waals surface area contributed by atoms with E-state index in [-0.39, 0.29) is 5.78 Å². The topological polar surface area (TPSA) is 30.0 Å². The number of rotatable bonds is 2. The summed E-state index contributed by atoms with van der Waals surface area (Å²) in [7, 11) is 0. The molecule has 2 nitrogen and oxygen atoms in total. The number of hydrogen-bond acceptors (Lipinski definition) is 4. The molecule has 0 unspecified atom stereocenters. The van der Waals surface area contributed by atoms with Crippen molar-refractivity contribution in [1.29, 1.82) is 0 Å². The number of nitrogens with zero attached hydrogens (tertiary/aromatic N) is 1. The molecule has 0 atom stereocenters. The molecule has 0 radical (unpaired) electrons. The van der Waals surface area contributed by atoms with Crippen LogP contribution in [-0.4, -0.2) is 10.2 Å². The van der Waals surface area contributed by atoms with Crippen LogP contribution in [0.3, 0.4) is 0 Å². The predicted molar refractivity (Wildman–Crippen MR) is 54.9 cm³/mol. The van der Waals surface area contributed by atoms with Gasteiger partial charge in [-0.3, -0.25) is 4.79 Å². The summed E-state index contributed by atoms with van der Waals surface area (Å²) in [6, 6.07) is 3.41. The summed E-state index contributed by atoms with van der Waals surface area (Å²) in [6.07, 6.45) is 0. The van der Waals surface area contributed by atoms with Gasteiger partial charge in [-0.1, -0.05) is 11.6 Å². The average Bonchev–Trinajstić information content (AvgIpc) is 2.72. The number of ketones is 1. The Bertz CT molecular complexity index is 421. The maximum atomic E-state index is 11.7. The molecule has 0 N–H and O–H groups in total. The van der Waals surface area contributed by atoms with E-state index in [1.807, 2.05) is 0 Å². The highest BCUT2D eigenvalue weighted by Crippen LogP contribution is 2.24. The molecule has 0 spiro atoms. The van der Waals surface area contributed by atoms with Gasteiger partial charge in [0, 0.05) is 5.38 Å². The van der Waals surface area contributed by atoms with Gasteiger partial charge < -0.3 is 0 Å². The molecule has 2 heterocycles. The summed E-state index contributed by atoms with van der Waals surface area (Å²) in [4.78, 5) is 12.2. The van der Waals surface area contributed by atoms with Crippen LogP contribution in [0, 0.1) is 0 Å². The van der Waals surface area contributed by atoms with E-state index in [0.29, 0.717) is 15.6 Å². The molecule has 0 aliphatic heterocycles. The maximum Gasteiger partial charge on any atom is 0.223 e. The van der Waals surface area contributed by atoms with E-state index in [2.05, 4.69) is 4.37 Å². The first kappa shape index (κ1) is 8.87. The quantitative estimate of drug-likeness (QED) is 0.741. The zero-order valence-corrected chi connectivity index (χ0v) is 8.75. The van der Waals surface area contributed by atoms with Gasteiger partial charge in [-0.2, -0.15) is 4.37 Å². The summed E-state index contributed by atoms with van der Waals surface area (Å²) in [5, 5.41) is 4.07. The number of hydrogen-bond donors (Lipinski definition) is 0. The van der Waals surface area contributed by atoms with Gasteiger partial charge in [-0.15, -0.1) is 11.3 Å². The number of aromatic nitrogens is 1. The predicted octanol–water partition coefficient (Wildman–Crippen LogP) is 3.09. The second kappa shape index (κ2) is 3.57. The molecule has 0 fully saturated rings. The van der Waals surface area contributed by atoms with Crippen LogP contribution < -0.4 is 0 Å². The first-order valence-electron chi connectivity index (χ1n) is 3.47. The van der Waals surface area contributed by atoms with Crippen molar-refractivity contribution in [3.8, 4) is 0 Å². The highest BCUT2D eigenvalue weighted by molar-refractivity contribution is 7.13. The van der Waals surface area contributed by atoms with E-state index in [1.54, 1.807) is 22.9 Å². The van der Waals surface area contributed by atoms with Gasteiger partial charge in [-0.05, 0) is 29.0 Å².